The summed E-state index contributed by atoms with van der Waals surface area (Å²) in [5.41, 5.74) is 0.361. The Balaban J connectivity index is 1.49. The van der Waals surface area contributed by atoms with Crippen molar-refractivity contribution in [3.05, 3.63) is 42.0 Å². The van der Waals surface area contributed by atoms with Crippen molar-refractivity contribution in [3.63, 3.8) is 0 Å². The number of rotatable bonds is 5. The van der Waals surface area contributed by atoms with Gasteiger partial charge in [0.2, 0.25) is 18.1 Å². The van der Waals surface area contributed by atoms with Crippen LogP contribution in [0.4, 0.5) is 0 Å². The van der Waals surface area contributed by atoms with Gasteiger partial charge in [0.15, 0.2) is 0 Å². The van der Waals surface area contributed by atoms with Gasteiger partial charge in [0.1, 0.15) is 23.9 Å². The molecule has 3 aliphatic rings. The number of fused-ring (bicyclic) bond motifs is 1. The fourth-order valence-electron chi connectivity index (χ4n) is 4.54. The number of benzene rings is 1. The van der Waals surface area contributed by atoms with Gasteiger partial charge in [-0.15, -0.1) is 0 Å². The predicted molar refractivity (Wildman–Crippen MR) is 115 cm³/mol. The van der Waals surface area contributed by atoms with Gasteiger partial charge in [-0.05, 0) is 43.9 Å². The molecule has 1 aromatic rings. The number of ether oxygens (including phenoxy) is 2. The average molecular weight is 457 g/mol. The van der Waals surface area contributed by atoms with E-state index in [1.165, 1.54) is 7.11 Å². The van der Waals surface area contributed by atoms with E-state index in [-0.39, 0.29) is 18.4 Å². The van der Waals surface area contributed by atoms with Gasteiger partial charge in [0, 0.05) is 11.6 Å². The van der Waals surface area contributed by atoms with Crippen LogP contribution in [0.1, 0.15) is 42.5 Å². The van der Waals surface area contributed by atoms with Gasteiger partial charge < -0.3 is 30.1 Å². The molecule has 10 heteroatoms. The molecule has 0 aliphatic carbocycles. The third kappa shape index (κ3) is 4.85. The van der Waals surface area contributed by atoms with Gasteiger partial charge in [-0.2, -0.15) is 0 Å². The Morgan fingerprint density at radius 1 is 1.15 bits per heavy atom. The van der Waals surface area contributed by atoms with Crippen LogP contribution in [-0.4, -0.2) is 71.3 Å². The molecule has 0 aromatic heterocycles. The Kier molecular flexibility index (Phi) is 6.64. The van der Waals surface area contributed by atoms with Crippen LogP contribution in [0.15, 0.2) is 36.4 Å². The van der Waals surface area contributed by atoms with Crippen molar-refractivity contribution in [2.75, 3.05) is 7.11 Å². The fraction of sp³-hybridized carbons (Fsp3) is 0.478. The number of aliphatic hydroxyl groups is 1. The van der Waals surface area contributed by atoms with E-state index in [1.54, 1.807) is 29.2 Å². The molecule has 0 spiro atoms. The van der Waals surface area contributed by atoms with Crippen molar-refractivity contribution in [3.8, 4) is 5.75 Å². The Morgan fingerprint density at radius 2 is 1.94 bits per heavy atom. The summed E-state index contributed by atoms with van der Waals surface area (Å²) < 4.78 is 9.84. The zero-order valence-electron chi connectivity index (χ0n) is 18.2. The maximum absolute atomic E-state index is 13.5. The third-order valence-electron chi connectivity index (χ3n) is 6.25. The highest BCUT2D eigenvalue weighted by atomic mass is 16.6. The molecule has 4 rings (SSSR count). The van der Waals surface area contributed by atoms with Gasteiger partial charge in [0.25, 0.3) is 5.91 Å². The first-order chi connectivity index (χ1) is 15.9. The summed E-state index contributed by atoms with van der Waals surface area (Å²) in [7, 11) is 1.51. The fourth-order valence-corrected chi connectivity index (χ4v) is 4.54. The predicted octanol–water partition coefficient (Wildman–Crippen LogP) is 0.253. The number of nitrogens with one attached hydrogen (secondary N) is 2. The van der Waals surface area contributed by atoms with Crippen LogP contribution < -0.4 is 15.4 Å². The number of methoxy groups -OCH3 is 1. The summed E-state index contributed by atoms with van der Waals surface area (Å²) >= 11 is 0. The summed E-state index contributed by atoms with van der Waals surface area (Å²) in [6.07, 6.45) is 4.30. The minimum atomic E-state index is -1.40. The Morgan fingerprint density at radius 3 is 2.67 bits per heavy atom. The maximum Gasteiger partial charge on any atom is 0.310 e. The second-order valence-electron chi connectivity index (χ2n) is 8.39. The molecule has 2 unspecified atom stereocenters. The number of carbonyl (C=O) groups is 4. The van der Waals surface area contributed by atoms with E-state index in [0.717, 1.165) is 0 Å². The molecular weight excluding hydrogens is 430 g/mol. The van der Waals surface area contributed by atoms with Gasteiger partial charge in [-0.1, -0.05) is 18.2 Å². The number of amides is 3. The lowest BCUT2D eigenvalue weighted by molar-refractivity contribution is -0.155. The molecule has 3 aliphatic heterocycles. The maximum atomic E-state index is 13.5. The molecule has 3 heterocycles. The number of carbonyl (C=O) groups excluding carboxylic acids is 4. The monoisotopic (exact) mass is 457 g/mol. The highest BCUT2D eigenvalue weighted by Gasteiger charge is 2.45. The summed E-state index contributed by atoms with van der Waals surface area (Å²) in [5.74, 6) is -1.26. The van der Waals surface area contributed by atoms with Crippen LogP contribution in [-0.2, 0) is 19.1 Å². The van der Waals surface area contributed by atoms with E-state index >= 15 is 0 Å². The van der Waals surface area contributed by atoms with Crippen LogP contribution in [0.3, 0.4) is 0 Å². The molecule has 0 radical (unpaired) electrons. The average Bonchev–Trinajstić information content (AvgIpc) is 3.36. The first-order valence-corrected chi connectivity index (χ1v) is 11.0. The largest absolute Gasteiger partial charge is 0.497 e. The van der Waals surface area contributed by atoms with E-state index in [9.17, 15) is 24.3 Å². The molecule has 2 saturated heterocycles. The van der Waals surface area contributed by atoms with Gasteiger partial charge >= 0.3 is 5.97 Å². The van der Waals surface area contributed by atoms with Crippen LogP contribution in [0.2, 0.25) is 0 Å². The zero-order chi connectivity index (χ0) is 23.5. The SMILES string of the molecule is COc1cccc(C(=O)N[C@@H]2C/C=C\C[C@H]3CC[C@@H](C(=O)NC4CC(=O)OC4O)N3C2=O)c1. The van der Waals surface area contributed by atoms with E-state index in [2.05, 4.69) is 15.4 Å². The standard InChI is InChI=1S/C23H27N3O7/c1-32-15-7-4-5-13(11-15)20(28)24-16-8-3-2-6-14-9-10-18(26(14)22(16)30)21(29)25-17-12-19(27)33-23(17)31/h2-5,7,11,14,16-18,23,31H,6,8-10,12H2,1H3,(H,24,28)(H,25,29)/b3-2-/t14-,16+,17?,18-,23?/m0/s1. The Bertz CT molecular complexity index is 979. The second-order valence-corrected chi connectivity index (χ2v) is 8.39. The zero-order valence-corrected chi connectivity index (χ0v) is 18.2. The summed E-state index contributed by atoms with van der Waals surface area (Å²) in [4.78, 5) is 52.2. The molecule has 0 bridgehead atoms. The first-order valence-electron chi connectivity index (χ1n) is 11.0. The molecule has 2 fully saturated rings. The molecule has 0 saturated carbocycles. The quantitative estimate of drug-likeness (QED) is 0.426. The normalized spacial score (nSPS) is 30.0. The number of hydrogen-bond acceptors (Lipinski definition) is 7. The minimum Gasteiger partial charge on any atom is -0.497 e. The van der Waals surface area contributed by atoms with Crippen molar-refractivity contribution < 1.29 is 33.8 Å². The summed E-state index contributed by atoms with van der Waals surface area (Å²) in [6.45, 7) is 0. The highest BCUT2D eigenvalue weighted by molar-refractivity contribution is 5.99. The van der Waals surface area contributed by atoms with E-state index in [0.29, 0.717) is 37.0 Å². The van der Waals surface area contributed by atoms with Crippen LogP contribution >= 0.6 is 0 Å². The lowest BCUT2D eigenvalue weighted by Crippen LogP contribution is -2.57. The van der Waals surface area contributed by atoms with Gasteiger partial charge in [-0.25, -0.2) is 0 Å². The lowest BCUT2D eigenvalue weighted by Gasteiger charge is -2.34. The highest BCUT2D eigenvalue weighted by Crippen LogP contribution is 2.30. The van der Waals surface area contributed by atoms with Gasteiger partial charge in [-0.3, -0.25) is 19.2 Å². The number of aliphatic hydroxyl groups excluding tert-OH is 1. The van der Waals surface area contributed by atoms with Crippen molar-refractivity contribution in [2.24, 2.45) is 0 Å². The molecule has 5 atom stereocenters. The smallest absolute Gasteiger partial charge is 0.310 e. The second kappa shape index (κ2) is 9.62. The van der Waals surface area contributed by atoms with Crippen molar-refractivity contribution in [1.29, 1.82) is 0 Å². The van der Waals surface area contributed by atoms with Crippen molar-refractivity contribution in [2.45, 2.75) is 62.6 Å². The Labute approximate surface area is 190 Å². The molecular formula is C23H27N3O7. The van der Waals surface area contributed by atoms with E-state index in [4.69, 9.17) is 4.74 Å². The molecule has 33 heavy (non-hydrogen) atoms. The molecule has 3 N–H and O–H groups in total. The van der Waals surface area contributed by atoms with E-state index < -0.39 is 42.2 Å². The molecule has 176 valence electrons. The first kappa shape index (κ1) is 22.8. The lowest BCUT2D eigenvalue weighted by atomic mass is 10.0. The molecule has 10 nitrogen and oxygen atoms in total. The number of hydrogen-bond donors (Lipinski definition) is 3. The van der Waals surface area contributed by atoms with Crippen LogP contribution in [0, 0.1) is 0 Å². The van der Waals surface area contributed by atoms with Crippen LogP contribution in [0.5, 0.6) is 5.75 Å². The van der Waals surface area contributed by atoms with Crippen molar-refractivity contribution >= 4 is 23.7 Å². The summed E-state index contributed by atoms with van der Waals surface area (Å²) in [6, 6.07) is 4.01. The molecule has 1 aromatic carbocycles. The number of cyclic esters (lactones) is 1. The Hall–Kier alpha value is -3.40. The number of nitrogens with zero attached hydrogens (tertiary/aromatic N) is 1. The number of esters is 1. The third-order valence-corrected chi connectivity index (χ3v) is 6.25. The molecule has 3 amide bonds. The van der Waals surface area contributed by atoms with Gasteiger partial charge in [0.05, 0.1) is 13.5 Å². The van der Waals surface area contributed by atoms with Crippen LogP contribution in [0.25, 0.3) is 0 Å². The summed E-state index contributed by atoms with van der Waals surface area (Å²) in [5, 5.41) is 15.2. The van der Waals surface area contributed by atoms with Crippen molar-refractivity contribution in [1.82, 2.24) is 15.5 Å². The van der Waals surface area contributed by atoms with E-state index in [1.807, 2.05) is 12.2 Å². The topological polar surface area (TPSA) is 134 Å². The minimum absolute atomic E-state index is 0.126.